The van der Waals surface area contributed by atoms with Crippen molar-refractivity contribution < 1.29 is 22.8 Å². The molecule has 0 spiro atoms. The van der Waals surface area contributed by atoms with Crippen LogP contribution in [0, 0.1) is 5.92 Å². The summed E-state index contributed by atoms with van der Waals surface area (Å²) in [5.41, 5.74) is 0.632. The highest BCUT2D eigenvalue weighted by atomic mass is 19.4. The number of alkyl halides is 3. The van der Waals surface area contributed by atoms with Gasteiger partial charge in [-0.1, -0.05) is 30.3 Å². The number of carbonyl (C=O) groups is 2. The first-order chi connectivity index (χ1) is 13.8. The Morgan fingerprint density at radius 3 is 2.00 bits per heavy atom. The Kier molecular flexibility index (Phi) is 5.06. The van der Waals surface area contributed by atoms with Crippen molar-refractivity contribution >= 4 is 11.8 Å². The Hall–Kier alpha value is -2.83. The van der Waals surface area contributed by atoms with Crippen molar-refractivity contribution in [1.29, 1.82) is 0 Å². The van der Waals surface area contributed by atoms with E-state index in [4.69, 9.17) is 0 Å². The molecule has 0 N–H and O–H groups in total. The van der Waals surface area contributed by atoms with Crippen LogP contribution in [0.15, 0.2) is 54.6 Å². The van der Waals surface area contributed by atoms with Gasteiger partial charge in [0.05, 0.1) is 5.56 Å². The van der Waals surface area contributed by atoms with E-state index in [0.29, 0.717) is 26.2 Å². The zero-order valence-electron chi connectivity index (χ0n) is 15.7. The molecule has 2 unspecified atom stereocenters. The van der Waals surface area contributed by atoms with Crippen LogP contribution in [0.4, 0.5) is 13.2 Å². The Morgan fingerprint density at radius 2 is 1.41 bits per heavy atom. The number of halogens is 3. The van der Waals surface area contributed by atoms with Gasteiger partial charge < -0.3 is 9.80 Å². The third kappa shape index (κ3) is 4.13. The average Bonchev–Trinajstić information content (AvgIpc) is 3.54. The lowest BCUT2D eigenvalue weighted by Gasteiger charge is -2.35. The van der Waals surface area contributed by atoms with Crippen molar-refractivity contribution in [2.75, 3.05) is 26.2 Å². The molecule has 7 heteroatoms. The number of carbonyl (C=O) groups excluding carboxylic acids is 2. The van der Waals surface area contributed by atoms with Crippen molar-refractivity contribution in [3.05, 3.63) is 71.3 Å². The van der Waals surface area contributed by atoms with Gasteiger partial charge in [-0.15, -0.1) is 0 Å². The molecule has 0 bridgehead atoms. The summed E-state index contributed by atoms with van der Waals surface area (Å²) in [4.78, 5) is 28.7. The normalized spacial score (nSPS) is 21.8. The minimum atomic E-state index is -4.42. The van der Waals surface area contributed by atoms with Crippen molar-refractivity contribution in [2.24, 2.45) is 5.92 Å². The molecule has 2 aromatic rings. The molecule has 2 aliphatic rings. The molecule has 0 aromatic heterocycles. The molecule has 0 radical (unpaired) electrons. The fraction of sp³-hybridized carbons (Fsp3) is 0.364. The first-order valence-electron chi connectivity index (χ1n) is 9.65. The molecule has 152 valence electrons. The van der Waals surface area contributed by atoms with Gasteiger partial charge in [0.2, 0.25) is 5.91 Å². The number of hydrogen-bond acceptors (Lipinski definition) is 2. The van der Waals surface area contributed by atoms with E-state index in [0.717, 1.165) is 18.6 Å². The maximum absolute atomic E-state index is 12.7. The third-order valence-electron chi connectivity index (χ3n) is 5.67. The number of benzene rings is 2. The van der Waals surface area contributed by atoms with E-state index in [9.17, 15) is 22.8 Å². The number of nitrogens with zero attached hydrogens (tertiary/aromatic N) is 2. The topological polar surface area (TPSA) is 40.6 Å². The molecular formula is C22H21F3N2O2. The Labute approximate surface area is 166 Å². The summed E-state index contributed by atoms with van der Waals surface area (Å²) in [5.74, 6) is 0.102. The molecular weight excluding hydrogens is 381 g/mol. The van der Waals surface area contributed by atoms with E-state index in [1.807, 2.05) is 30.3 Å². The summed E-state index contributed by atoms with van der Waals surface area (Å²) in [6.45, 7) is 1.66. The minimum Gasteiger partial charge on any atom is -0.339 e. The molecule has 1 saturated heterocycles. The van der Waals surface area contributed by atoms with Crippen LogP contribution >= 0.6 is 0 Å². The van der Waals surface area contributed by atoms with E-state index < -0.39 is 11.7 Å². The van der Waals surface area contributed by atoms with Crippen molar-refractivity contribution in [1.82, 2.24) is 9.80 Å². The number of piperazine rings is 1. The van der Waals surface area contributed by atoms with Gasteiger partial charge in [0.15, 0.2) is 0 Å². The lowest BCUT2D eigenvalue weighted by molar-refractivity contribution is -0.137. The highest BCUT2D eigenvalue weighted by Gasteiger charge is 2.46. The van der Waals surface area contributed by atoms with Crippen LogP contribution in [0.25, 0.3) is 0 Å². The zero-order valence-corrected chi connectivity index (χ0v) is 15.7. The number of rotatable bonds is 3. The van der Waals surface area contributed by atoms with Crippen molar-refractivity contribution in [2.45, 2.75) is 18.5 Å². The fourth-order valence-electron chi connectivity index (χ4n) is 3.89. The first kappa shape index (κ1) is 19.5. The molecule has 4 rings (SSSR count). The van der Waals surface area contributed by atoms with E-state index in [-0.39, 0.29) is 29.2 Å². The summed E-state index contributed by atoms with van der Waals surface area (Å²) >= 11 is 0. The van der Waals surface area contributed by atoms with Gasteiger partial charge in [-0.25, -0.2) is 0 Å². The molecule has 1 heterocycles. The van der Waals surface area contributed by atoms with Gasteiger partial charge in [0, 0.05) is 37.7 Å². The van der Waals surface area contributed by atoms with E-state index in [1.165, 1.54) is 17.7 Å². The van der Waals surface area contributed by atoms with E-state index in [2.05, 4.69) is 0 Å². The predicted octanol–water partition coefficient (Wildman–Crippen LogP) is 3.79. The summed E-state index contributed by atoms with van der Waals surface area (Å²) < 4.78 is 38.0. The second-order valence-corrected chi connectivity index (χ2v) is 7.55. The molecule has 4 nitrogen and oxygen atoms in total. The van der Waals surface area contributed by atoms with Gasteiger partial charge >= 0.3 is 6.18 Å². The molecule has 2 aromatic carbocycles. The molecule has 2 fully saturated rings. The maximum atomic E-state index is 12.7. The van der Waals surface area contributed by atoms with Crippen LogP contribution in [0.2, 0.25) is 0 Å². The molecule has 2 atom stereocenters. The van der Waals surface area contributed by atoms with Gasteiger partial charge in [-0.3, -0.25) is 9.59 Å². The number of hydrogen-bond donors (Lipinski definition) is 0. The van der Waals surface area contributed by atoms with Crippen molar-refractivity contribution in [3.8, 4) is 0 Å². The third-order valence-corrected chi connectivity index (χ3v) is 5.67. The molecule has 2 amide bonds. The SMILES string of the molecule is O=C(c1ccc(C(F)(F)F)cc1)N1CCN(C(=O)C2CC2c2ccccc2)CC1. The van der Waals surface area contributed by atoms with Crippen LogP contribution in [-0.2, 0) is 11.0 Å². The van der Waals surface area contributed by atoms with E-state index >= 15 is 0 Å². The largest absolute Gasteiger partial charge is 0.416 e. The monoisotopic (exact) mass is 402 g/mol. The fourth-order valence-corrected chi connectivity index (χ4v) is 3.89. The summed E-state index contributed by atoms with van der Waals surface area (Å²) in [5, 5.41) is 0. The standard InChI is InChI=1S/C22H21F3N2O2/c23-22(24,25)17-8-6-16(7-9-17)20(28)26-10-12-27(13-11-26)21(29)19-14-18(19)15-4-2-1-3-5-15/h1-9,18-19H,10-14H2. The molecule has 1 aliphatic carbocycles. The van der Waals surface area contributed by atoms with Gasteiger partial charge in [0.25, 0.3) is 5.91 Å². The van der Waals surface area contributed by atoms with E-state index in [1.54, 1.807) is 9.80 Å². The molecule has 29 heavy (non-hydrogen) atoms. The first-order valence-corrected chi connectivity index (χ1v) is 9.65. The lowest BCUT2D eigenvalue weighted by atomic mass is 10.1. The highest BCUT2D eigenvalue weighted by molar-refractivity contribution is 5.94. The molecule has 1 saturated carbocycles. The zero-order chi connectivity index (χ0) is 20.6. The van der Waals surface area contributed by atoms with Gasteiger partial charge in [-0.2, -0.15) is 13.2 Å². The quantitative estimate of drug-likeness (QED) is 0.784. The van der Waals surface area contributed by atoms with Crippen LogP contribution < -0.4 is 0 Å². The second kappa shape index (κ2) is 7.54. The Morgan fingerprint density at radius 1 is 0.828 bits per heavy atom. The van der Waals surface area contributed by atoms with Gasteiger partial charge in [0.1, 0.15) is 0 Å². The number of amides is 2. The van der Waals surface area contributed by atoms with Crippen molar-refractivity contribution in [3.63, 3.8) is 0 Å². The summed E-state index contributed by atoms with van der Waals surface area (Å²) in [7, 11) is 0. The highest BCUT2D eigenvalue weighted by Crippen LogP contribution is 2.48. The molecule has 1 aliphatic heterocycles. The second-order valence-electron chi connectivity index (χ2n) is 7.55. The summed E-state index contributed by atoms with van der Waals surface area (Å²) in [6, 6.07) is 14.2. The Balaban J connectivity index is 1.31. The predicted molar refractivity (Wildman–Crippen MR) is 101 cm³/mol. The average molecular weight is 402 g/mol. The van der Waals surface area contributed by atoms with Crippen LogP contribution in [-0.4, -0.2) is 47.8 Å². The summed E-state index contributed by atoms with van der Waals surface area (Å²) in [6.07, 6.45) is -3.57. The van der Waals surface area contributed by atoms with Gasteiger partial charge in [-0.05, 0) is 42.2 Å². The lowest BCUT2D eigenvalue weighted by Crippen LogP contribution is -2.51. The van der Waals surface area contributed by atoms with Crippen LogP contribution in [0.3, 0.4) is 0 Å². The minimum absolute atomic E-state index is 0.00886. The van der Waals surface area contributed by atoms with Crippen LogP contribution in [0.5, 0.6) is 0 Å². The Bertz CT molecular complexity index is 889. The smallest absolute Gasteiger partial charge is 0.339 e. The maximum Gasteiger partial charge on any atom is 0.416 e. The van der Waals surface area contributed by atoms with Crippen LogP contribution in [0.1, 0.15) is 33.8 Å².